The standard InChI is InChI=1S/C13H14N2O2/c14-8-11-3-1-10(2-4-11)7-13(17)15-6-5-12(16)9-15/h1-4,12,16H,5-7,9H2. The summed E-state index contributed by atoms with van der Waals surface area (Å²) in [6, 6.07) is 9.05. The van der Waals surface area contributed by atoms with Crippen molar-refractivity contribution in [2.45, 2.75) is 18.9 Å². The van der Waals surface area contributed by atoms with Gasteiger partial charge in [-0.25, -0.2) is 0 Å². The van der Waals surface area contributed by atoms with E-state index in [0.717, 1.165) is 5.56 Å². The van der Waals surface area contributed by atoms with Crippen LogP contribution in [-0.2, 0) is 11.2 Å². The van der Waals surface area contributed by atoms with Crippen LogP contribution in [0.1, 0.15) is 17.5 Å². The maximum absolute atomic E-state index is 11.9. The lowest BCUT2D eigenvalue weighted by atomic mass is 10.1. The molecule has 0 spiro atoms. The fourth-order valence-electron chi connectivity index (χ4n) is 1.95. The Bertz CT molecular complexity index is 447. The van der Waals surface area contributed by atoms with Crippen molar-refractivity contribution < 1.29 is 9.90 Å². The molecule has 1 N–H and O–H groups in total. The average molecular weight is 230 g/mol. The number of hydrogen-bond donors (Lipinski definition) is 1. The van der Waals surface area contributed by atoms with Crippen molar-refractivity contribution in [1.82, 2.24) is 4.90 Å². The van der Waals surface area contributed by atoms with Gasteiger partial charge in [-0.1, -0.05) is 12.1 Å². The first-order valence-electron chi connectivity index (χ1n) is 5.64. The zero-order chi connectivity index (χ0) is 12.3. The van der Waals surface area contributed by atoms with Crippen LogP contribution in [0.15, 0.2) is 24.3 Å². The van der Waals surface area contributed by atoms with Gasteiger partial charge in [0.15, 0.2) is 0 Å². The van der Waals surface area contributed by atoms with E-state index >= 15 is 0 Å². The lowest BCUT2D eigenvalue weighted by Crippen LogP contribution is -2.30. The highest BCUT2D eigenvalue weighted by Crippen LogP contribution is 2.12. The molecule has 1 atom stereocenters. The summed E-state index contributed by atoms with van der Waals surface area (Å²) >= 11 is 0. The number of β-amino-alcohol motifs (C(OH)–C–C–N with tert-alkyl or cyclic N) is 1. The third-order valence-corrected chi connectivity index (χ3v) is 2.95. The lowest BCUT2D eigenvalue weighted by Gasteiger charge is -2.15. The van der Waals surface area contributed by atoms with Crippen LogP contribution >= 0.6 is 0 Å². The van der Waals surface area contributed by atoms with Crippen molar-refractivity contribution in [2.75, 3.05) is 13.1 Å². The number of benzene rings is 1. The second kappa shape index (κ2) is 4.98. The zero-order valence-electron chi connectivity index (χ0n) is 9.47. The van der Waals surface area contributed by atoms with Crippen molar-refractivity contribution in [1.29, 1.82) is 5.26 Å². The van der Waals surface area contributed by atoms with E-state index in [1.807, 2.05) is 6.07 Å². The average Bonchev–Trinajstić information content (AvgIpc) is 2.77. The molecule has 1 unspecified atom stereocenters. The molecule has 17 heavy (non-hydrogen) atoms. The topological polar surface area (TPSA) is 64.3 Å². The largest absolute Gasteiger partial charge is 0.391 e. The number of nitriles is 1. The molecule has 1 aromatic rings. The first-order valence-corrected chi connectivity index (χ1v) is 5.64. The molecule has 0 saturated carbocycles. The monoisotopic (exact) mass is 230 g/mol. The van der Waals surface area contributed by atoms with E-state index in [9.17, 15) is 9.90 Å². The van der Waals surface area contributed by atoms with E-state index in [2.05, 4.69) is 0 Å². The zero-order valence-corrected chi connectivity index (χ0v) is 9.47. The highest BCUT2D eigenvalue weighted by molar-refractivity contribution is 5.79. The molecule has 1 aliphatic heterocycles. The minimum absolute atomic E-state index is 0.0336. The predicted molar refractivity (Wildman–Crippen MR) is 62.1 cm³/mol. The number of aliphatic hydroxyl groups is 1. The van der Waals surface area contributed by atoms with E-state index in [4.69, 9.17) is 5.26 Å². The minimum atomic E-state index is -0.375. The Balaban J connectivity index is 1.96. The maximum atomic E-state index is 11.9. The molecule has 88 valence electrons. The lowest BCUT2D eigenvalue weighted by molar-refractivity contribution is -0.129. The predicted octanol–water partition coefficient (Wildman–Crippen LogP) is 0.694. The second-order valence-electron chi connectivity index (χ2n) is 4.27. The van der Waals surface area contributed by atoms with Crippen LogP contribution < -0.4 is 0 Å². The molecule has 1 aromatic carbocycles. The molecule has 1 fully saturated rings. The van der Waals surface area contributed by atoms with Crippen molar-refractivity contribution in [3.63, 3.8) is 0 Å². The second-order valence-corrected chi connectivity index (χ2v) is 4.27. The summed E-state index contributed by atoms with van der Waals surface area (Å²) in [6.07, 6.45) is 0.622. The molecular formula is C13H14N2O2. The van der Waals surface area contributed by atoms with Crippen LogP contribution in [0.5, 0.6) is 0 Å². The molecule has 2 rings (SSSR count). The number of aliphatic hydroxyl groups excluding tert-OH is 1. The summed E-state index contributed by atoms with van der Waals surface area (Å²) in [5.74, 6) is 0.0336. The molecule has 1 aliphatic rings. The molecule has 1 saturated heterocycles. The summed E-state index contributed by atoms with van der Waals surface area (Å²) in [6.45, 7) is 1.07. The summed E-state index contributed by atoms with van der Waals surface area (Å²) in [7, 11) is 0. The Morgan fingerprint density at radius 1 is 1.47 bits per heavy atom. The number of rotatable bonds is 2. The van der Waals surface area contributed by atoms with Crippen LogP contribution in [0.3, 0.4) is 0 Å². The molecule has 1 amide bonds. The van der Waals surface area contributed by atoms with Crippen LogP contribution in [0.2, 0.25) is 0 Å². The molecule has 0 aliphatic carbocycles. The van der Waals surface area contributed by atoms with Gasteiger partial charge in [-0.3, -0.25) is 4.79 Å². The van der Waals surface area contributed by atoms with Gasteiger partial charge in [0, 0.05) is 13.1 Å². The quantitative estimate of drug-likeness (QED) is 0.813. The van der Waals surface area contributed by atoms with Gasteiger partial charge in [-0.05, 0) is 24.1 Å². The number of carbonyl (C=O) groups excluding carboxylic acids is 1. The van der Waals surface area contributed by atoms with Gasteiger partial charge in [0.25, 0.3) is 0 Å². The molecule has 0 bridgehead atoms. The Morgan fingerprint density at radius 2 is 2.18 bits per heavy atom. The first-order chi connectivity index (χ1) is 8.19. The van der Waals surface area contributed by atoms with Gasteiger partial charge in [-0.2, -0.15) is 5.26 Å². The van der Waals surface area contributed by atoms with E-state index in [-0.39, 0.29) is 12.0 Å². The van der Waals surface area contributed by atoms with Crippen molar-refractivity contribution >= 4 is 5.91 Å². The Kier molecular flexibility index (Phi) is 3.40. The normalized spacial score (nSPS) is 19.1. The van der Waals surface area contributed by atoms with Gasteiger partial charge in [0.1, 0.15) is 0 Å². The fraction of sp³-hybridized carbons (Fsp3) is 0.385. The van der Waals surface area contributed by atoms with Gasteiger partial charge in [-0.15, -0.1) is 0 Å². The van der Waals surface area contributed by atoms with E-state index in [0.29, 0.717) is 31.5 Å². The van der Waals surface area contributed by atoms with Crippen LogP contribution in [0.25, 0.3) is 0 Å². The van der Waals surface area contributed by atoms with E-state index in [1.54, 1.807) is 29.2 Å². The highest BCUT2D eigenvalue weighted by Gasteiger charge is 2.24. The van der Waals surface area contributed by atoms with Gasteiger partial charge >= 0.3 is 0 Å². The molecule has 0 aromatic heterocycles. The molecule has 4 heteroatoms. The molecular weight excluding hydrogens is 216 g/mol. The summed E-state index contributed by atoms with van der Waals surface area (Å²) in [4.78, 5) is 13.5. The summed E-state index contributed by atoms with van der Waals surface area (Å²) in [5.41, 5.74) is 1.49. The van der Waals surface area contributed by atoms with Crippen molar-refractivity contribution in [3.8, 4) is 6.07 Å². The Morgan fingerprint density at radius 3 is 2.71 bits per heavy atom. The smallest absolute Gasteiger partial charge is 0.227 e. The molecule has 4 nitrogen and oxygen atoms in total. The van der Waals surface area contributed by atoms with Crippen LogP contribution in [0, 0.1) is 11.3 Å². The Labute approximate surface area is 100 Å². The van der Waals surface area contributed by atoms with Crippen LogP contribution in [-0.4, -0.2) is 35.1 Å². The third-order valence-electron chi connectivity index (χ3n) is 2.95. The number of likely N-dealkylation sites (tertiary alicyclic amines) is 1. The SMILES string of the molecule is N#Cc1ccc(CC(=O)N2CCC(O)C2)cc1. The minimum Gasteiger partial charge on any atom is -0.391 e. The van der Waals surface area contributed by atoms with Crippen LogP contribution in [0.4, 0.5) is 0 Å². The molecule has 0 radical (unpaired) electrons. The Hall–Kier alpha value is -1.86. The number of hydrogen-bond acceptors (Lipinski definition) is 3. The fourth-order valence-corrected chi connectivity index (χ4v) is 1.95. The van der Waals surface area contributed by atoms with E-state index in [1.165, 1.54) is 0 Å². The number of nitrogens with zero attached hydrogens (tertiary/aromatic N) is 2. The van der Waals surface area contributed by atoms with Gasteiger partial charge in [0.05, 0.1) is 24.2 Å². The van der Waals surface area contributed by atoms with Crippen molar-refractivity contribution in [2.24, 2.45) is 0 Å². The summed E-state index contributed by atoms with van der Waals surface area (Å²) < 4.78 is 0. The van der Waals surface area contributed by atoms with E-state index < -0.39 is 0 Å². The maximum Gasteiger partial charge on any atom is 0.227 e. The number of amides is 1. The third kappa shape index (κ3) is 2.83. The highest BCUT2D eigenvalue weighted by atomic mass is 16.3. The molecule has 1 heterocycles. The first kappa shape index (κ1) is 11.6. The van der Waals surface area contributed by atoms with Gasteiger partial charge in [0.2, 0.25) is 5.91 Å². The summed E-state index contributed by atoms with van der Waals surface area (Å²) in [5, 5.41) is 18.0. The number of carbonyl (C=O) groups is 1. The van der Waals surface area contributed by atoms with Crippen molar-refractivity contribution in [3.05, 3.63) is 35.4 Å². The van der Waals surface area contributed by atoms with Gasteiger partial charge < -0.3 is 10.0 Å².